The van der Waals surface area contributed by atoms with Crippen LogP contribution in [0.25, 0.3) is 20.7 Å². The average Bonchev–Trinajstić information content (AvgIpc) is 3.44. The van der Waals surface area contributed by atoms with Crippen LogP contribution in [0, 0.1) is 6.92 Å². The molecule has 0 fully saturated rings. The number of hydrogen-bond donors (Lipinski definition) is 1. The fourth-order valence-corrected chi connectivity index (χ4v) is 5.87. The maximum Gasteiger partial charge on any atom is 0.263 e. The van der Waals surface area contributed by atoms with Gasteiger partial charge in [0.25, 0.3) is 5.56 Å². The molecule has 0 bridgehead atoms. The van der Waals surface area contributed by atoms with Crippen molar-refractivity contribution in [3.8, 4) is 16.2 Å². The lowest BCUT2D eigenvalue weighted by atomic mass is 10.2. The van der Waals surface area contributed by atoms with Gasteiger partial charge in [-0.05, 0) is 36.1 Å². The fraction of sp³-hybridized carbons (Fsp3) is 0.174. The van der Waals surface area contributed by atoms with Crippen molar-refractivity contribution in [3.63, 3.8) is 0 Å². The van der Waals surface area contributed by atoms with Crippen molar-refractivity contribution in [1.82, 2.24) is 9.55 Å². The lowest BCUT2D eigenvalue weighted by Gasteiger charge is -2.12. The smallest absolute Gasteiger partial charge is 0.263 e. The predicted molar refractivity (Wildman–Crippen MR) is 134 cm³/mol. The van der Waals surface area contributed by atoms with Crippen LogP contribution in [0.2, 0.25) is 0 Å². The summed E-state index contributed by atoms with van der Waals surface area (Å²) < 4.78 is 6.90. The minimum Gasteiger partial charge on any atom is -0.495 e. The van der Waals surface area contributed by atoms with Crippen LogP contribution in [0.3, 0.4) is 0 Å². The zero-order chi connectivity index (χ0) is 22.7. The number of hydrogen-bond acceptors (Lipinski definition) is 7. The predicted octanol–water partition coefficient (Wildman–Crippen LogP) is 5.42. The fourth-order valence-electron chi connectivity index (χ4n) is 3.26. The number of aromatic nitrogens is 2. The molecule has 0 saturated carbocycles. The monoisotopic (exact) mass is 483 g/mol. The van der Waals surface area contributed by atoms with Gasteiger partial charge < -0.3 is 10.1 Å². The minimum atomic E-state index is -0.205. The van der Waals surface area contributed by atoms with Gasteiger partial charge in [0.15, 0.2) is 5.16 Å². The maximum atomic E-state index is 13.3. The molecule has 0 aliphatic carbocycles. The number of fused-ring (bicyclic) bond motifs is 1. The minimum absolute atomic E-state index is 0.106. The maximum absolute atomic E-state index is 13.3. The first kappa shape index (κ1) is 22.3. The van der Waals surface area contributed by atoms with Gasteiger partial charge in [0.1, 0.15) is 10.6 Å². The summed E-state index contributed by atoms with van der Waals surface area (Å²) in [6.45, 7) is 6.03. The molecule has 0 spiro atoms. The molecule has 9 heteroatoms. The first-order chi connectivity index (χ1) is 15.5. The second-order valence-electron chi connectivity index (χ2n) is 6.95. The van der Waals surface area contributed by atoms with E-state index in [0.717, 1.165) is 16.0 Å². The molecule has 0 aliphatic rings. The van der Waals surface area contributed by atoms with Crippen molar-refractivity contribution in [3.05, 3.63) is 69.7 Å². The highest BCUT2D eigenvalue weighted by Gasteiger charge is 2.18. The number of benzene rings is 1. The van der Waals surface area contributed by atoms with Crippen LogP contribution >= 0.6 is 34.4 Å². The number of allylic oxidation sites excluding steroid dienone is 1. The summed E-state index contributed by atoms with van der Waals surface area (Å²) >= 11 is 4.25. The number of thiophene rings is 2. The number of nitrogens with zero attached hydrogens (tertiary/aromatic N) is 2. The lowest BCUT2D eigenvalue weighted by molar-refractivity contribution is -0.113. The summed E-state index contributed by atoms with van der Waals surface area (Å²) in [6, 6.07) is 9.55. The van der Waals surface area contributed by atoms with Crippen LogP contribution in [0.1, 0.15) is 5.56 Å². The Labute approximate surface area is 197 Å². The Balaban J connectivity index is 1.61. The van der Waals surface area contributed by atoms with Crippen LogP contribution in [-0.4, -0.2) is 28.3 Å². The van der Waals surface area contributed by atoms with E-state index in [2.05, 4.69) is 11.9 Å². The van der Waals surface area contributed by atoms with Gasteiger partial charge in [0, 0.05) is 22.4 Å². The van der Waals surface area contributed by atoms with Crippen LogP contribution < -0.4 is 15.6 Å². The SMILES string of the molecule is C=CCn1c(SCC(=O)Nc2cc(C)ccc2OC)nc2scc(-c3cccs3)c2c1=O. The Kier molecular flexibility index (Phi) is 6.78. The first-order valence-corrected chi connectivity index (χ1v) is 12.5. The third-order valence-corrected chi connectivity index (χ3v) is 7.47. The molecule has 0 saturated heterocycles. The number of nitrogens with one attached hydrogen (secondary N) is 1. The molecule has 6 nitrogen and oxygen atoms in total. The average molecular weight is 484 g/mol. The number of aryl methyl sites for hydroxylation is 1. The highest BCUT2D eigenvalue weighted by molar-refractivity contribution is 7.99. The third-order valence-electron chi connectivity index (χ3n) is 4.72. The molecule has 0 unspecified atom stereocenters. The third kappa shape index (κ3) is 4.50. The van der Waals surface area contributed by atoms with Crippen molar-refractivity contribution in [2.75, 3.05) is 18.2 Å². The van der Waals surface area contributed by atoms with E-state index in [1.54, 1.807) is 29.1 Å². The summed E-state index contributed by atoms with van der Waals surface area (Å²) in [5.41, 5.74) is 2.41. The topological polar surface area (TPSA) is 73.2 Å². The van der Waals surface area contributed by atoms with E-state index in [1.807, 2.05) is 48.0 Å². The van der Waals surface area contributed by atoms with Crippen LogP contribution in [0.15, 0.2) is 63.7 Å². The van der Waals surface area contributed by atoms with Gasteiger partial charge in [-0.2, -0.15) is 0 Å². The highest BCUT2D eigenvalue weighted by Crippen LogP contribution is 2.34. The molecule has 0 atom stereocenters. The number of amides is 1. The summed E-state index contributed by atoms with van der Waals surface area (Å²) in [5, 5.41) is 7.94. The Hall–Kier alpha value is -2.88. The molecule has 164 valence electrons. The van der Waals surface area contributed by atoms with Gasteiger partial charge in [-0.3, -0.25) is 14.2 Å². The summed E-state index contributed by atoms with van der Waals surface area (Å²) in [4.78, 5) is 32.4. The van der Waals surface area contributed by atoms with Gasteiger partial charge in [-0.25, -0.2) is 4.98 Å². The Morgan fingerprint density at radius 3 is 2.91 bits per heavy atom. The van der Waals surface area contributed by atoms with Gasteiger partial charge >= 0.3 is 0 Å². The van der Waals surface area contributed by atoms with Gasteiger partial charge in [0.05, 0.1) is 23.9 Å². The second-order valence-corrected chi connectivity index (χ2v) is 9.69. The zero-order valence-electron chi connectivity index (χ0n) is 17.6. The van der Waals surface area contributed by atoms with Gasteiger partial charge in [-0.1, -0.05) is 30.0 Å². The molecule has 4 aromatic rings. The lowest BCUT2D eigenvalue weighted by Crippen LogP contribution is -2.23. The summed E-state index contributed by atoms with van der Waals surface area (Å²) in [5.74, 6) is 0.496. The van der Waals surface area contributed by atoms with Crippen LogP contribution in [-0.2, 0) is 11.3 Å². The number of methoxy groups -OCH3 is 1. The van der Waals surface area contributed by atoms with E-state index in [4.69, 9.17) is 9.72 Å². The molecule has 0 radical (unpaired) electrons. The Morgan fingerprint density at radius 2 is 2.19 bits per heavy atom. The molecule has 1 aromatic carbocycles. The van der Waals surface area contributed by atoms with E-state index in [-0.39, 0.29) is 17.2 Å². The standard InChI is InChI=1S/C23H21N3O3S3/c1-4-9-26-22(28)20-15(18-6-5-10-30-18)12-31-21(20)25-23(26)32-13-19(27)24-16-11-14(2)7-8-17(16)29-3/h4-8,10-12H,1,9,13H2,2-3H3,(H,24,27). The highest BCUT2D eigenvalue weighted by atomic mass is 32.2. The van der Waals surface area contributed by atoms with E-state index >= 15 is 0 Å². The van der Waals surface area contributed by atoms with Crippen molar-refractivity contribution >= 4 is 56.2 Å². The largest absolute Gasteiger partial charge is 0.495 e. The molecule has 3 heterocycles. The number of anilines is 1. The van der Waals surface area contributed by atoms with E-state index in [0.29, 0.717) is 33.4 Å². The number of rotatable bonds is 8. The van der Waals surface area contributed by atoms with Crippen molar-refractivity contribution in [1.29, 1.82) is 0 Å². The molecule has 32 heavy (non-hydrogen) atoms. The number of carbonyl (C=O) groups excluding carboxylic acids is 1. The molecule has 3 aromatic heterocycles. The molecule has 4 rings (SSSR count). The van der Waals surface area contributed by atoms with Crippen molar-refractivity contribution < 1.29 is 9.53 Å². The number of ether oxygens (including phenoxy) is 1. The Bertz CT molecular complexity index is 1340. The zero-order valence-corrected chi connectivity index (χ0v) is 20.0. The van der Waals surface area contributed by atoms with Crippen molar-refractivity contribution in [2.24, 2.45) is 0 Å². The van der Waals surface area contributed by atoms with Crippen molar-refractivity contribution in [2.45, 2.75) is 18.6 Å². The second kappa shape index (κ2) is 9.72. The normalized spacial score (nSPS) is 10.9. The van der Waals surface area contributed by atoms with E-state index < -0.39 is 0 Å². The van der Waals surface area contributed by atoms with Crippen LogP contribution in [0.5, 0.6) is 5.75 Å². The molecule has 1 N–H and O–H groups in total. The van der Waals surface area contributed by atoms with Crippen LogP contribution in [0.4, 0.5) is 5.69 Å². The number of carbonyl (C=O) groups is 1. The first-order valence-electron chi connectivity index (χ1n) is 9.76. The molecular formula is C23H21N3O3S3. The quantitative estimate of drug-likeness (QED) is 0.206. The Morgan fingerprint density at radius 1 is 1.34 bits per heavy atom. The van der Waals surface area contributed by atoms with Gasteiger partial charge in [0.2, 0.25) is 5.91 Å². The molecule has 1 amide bonds. The van der Waals surface area contributed by atoms with E-state index in [1.165, 1.54) is 23.1 Å². The molecule has 0 aliphatic heterocycles. The molecular weight excluding hydrogens is 462 g/mol. The number of thioether (sulfide) groups is 1. The van der Waals surface area contributed by atoms with E-state index in [9.17, 15) is 9.59 Å². The summed E-state index contributed by atoms with van der Waals surface area (Å²) in [6.07, 6.45) is 1.66. The summed E-state index contributed by atoms with van der Waals surface area (Å²) in [7, 11) is 1.56. The van der Waals surface area contributed by atoms with Gasteiger partial charge in [-0.15, -0.1) is 29.3 Å².